The normalized spacial score (nSPS) is 13.6. The Hall–Kier alpha value is -2.75. The first-order valence-corrected chi connectivity index (χ1v) is 13.6. The van der Waals surface area contributed by atoms with Gasteiger partial charge in [-0.3, -0.25) is 19.8 Å². The average Bonchev–Trinajstić information content (AvgIpc) is 3.30. The molecule has 2 aromatic carbocycles. The average molecular weight is 546 g/mol. The molecule has 1 aliphatic rings. The molecule has 10 heteroatoms. The van der Waals surface area contributed by atoms with E-state index in [4.69, 9.17) is 4.98 Å². The lowest BCUT2D eigenvalue weighted by molar-refractivity contribution is -0.384. The van der Waals surface area contributed by atoms with Crippen molar-refractivity contribution in [3.63, 3.8) is 0 Å². The molecular formula is C27H36ClN5O3S. The summed E-state index contributed by atoms with van der Waals surface area (Å²) in [6, 6.07) is 9.10. The number of carbonyl (C=O) groups is 1. The number of likely N-dealkylation sites (N-methyl/N-ethyl adjacent to an activating group) is 1. The number of aromatic nitrogens is 1. The number of piperidine rings is 1. The lowest BCUT2D eigenvalue weighted by atomic mass is 10.1. The van der Waals surface area contributed by atoms with Gasteiger partial charge in [0.25, 0.3) is 11.6 Å². The number of amides is 1. The number of rotatable bonds is 9. The van der Waals surface area contributed by atoms with Gasteiger partial charge in [-0.1, -0.05) is 31.3 Å². The second-order valence-electron chi connectivity index (χ2n) is 9.42. The van der Waals surface area contributed by atoms with E-state index >= 15 is 0 Å². The van der Waals surface area contributed by atoms with Gasteiger partial charge in [-0.15, -0.1) is 12.4 Å². The molecule has 8 nitrogen and oxygen atoms in total. The third-order valence-corrected chi connectivity index (χ3v) is 7.97. The van der Waals surface area contributed by atoms with Crippen LogP contribution in [0.3, 0.4) is 0 Å². The number of nitro groups is 1. The molecule has 200 valence electrons. The topological polar surface area (TPSA) is 82.8 Å². The SMILES string of the molecule is CCN(CC)CCN(C(=O)c1ccc(N2CCCCC2)c([N+](=O)[O-])c1)c1nc2c(C)cc(C)cc2s1.Cl. The summed E-state index contributed by atoms with van der Waals surface area (Å²) in [5.74, 6) is -0.260. The van der Waals surface area contributed by atoms with Crippen LogP contribution in [0, 0.1) is 24.0 Å². The fraction of sp³-hybridized carbons (Fsp3) is 0.481. The van der Waals surface area contributed by atoms with Gasteiger partial charge in [-0.25, -0.2) is 4.98 Å². The fourth-order valence-electron chi connectivity index (χ4n) is 4.90. The smallest absolute Gasteiger partial charge is 0.293 e. The number of halogens is 1. The van der Waals surface area contributed by atoms with Crippen LogP contribution < -0.4 is 9.80 Å². The molecule has 0 aliphatic carbocycles. The lowest BCUT2D eigenvalue weighted by Crippen LogP contribution is -2.39. The maximum Gasteiger partial charge on any atom is 0.293 e. The van der Waals surface area contributed by atoms with Crippen LogP contribution in [0.25, 0.3) is 10.2 Å². The quantitative estimate of drug-likeness (QED) is 0.234. The second-order valence-corrected chi connectivity index (χ2v) is 10.4. The Morgan fingerprint density at radius 2 is 1.78 bits per heavy atom. The zero-order chi connectivity index (χ0) is 25.8. The second kappa shape index (κ2) is 12.7. The van der Waals surface area contributed by atoms with Crippen LogP contribution >= 0.6 is 23.7 Å². The van der Waals surface area contributed by atoms with Gasteiger partial charge < -0.3 is 9.80 Å². The third kappa shape index (κ3) is 6.40. The Morgan fingerprint density at radius 1 is 1.08 bits per heavy atom. The zero-order valence-electron chi connectivity index (χ0n) is 22.0. The summed E-state index contributed by atoms with van der Waals surface area (Å²) in [6.07, 6.45) is 3.18. The van der Waals surface area contributed by atoms with Crippen LogP contribution in [0.15, 0.2) is 30.3 Å². The van der Waals surface area contributed by atoms with Gasteiger partial charge in [0.1, 0.15) is 5.69 Å². The van der Waals surface area contributed by atoms with Crippen LogP contribution in [0.5, 0.6) is 0 Å². The van der Waals surface area contributed by atoms with E-state index in [1.54, 1.807) is 17.0 Å². The molecule has 0 atom stereocenters. The molecule has 0 unspecified atom stereocenters. The molecule has 2 heterocycles. The monoisotopic (exact) mass is 545 g/mol. The summed E-state index contributed by atoms with van der Waals surface area (Å²) < 4.78 is 1.04. The van der Waals surface area contributed by atoms with Crippen molar-refractivity contribution < 1.29 is 9.72 Å². The summed E-state index contributed by atoms with van der Waals surface area (Å²) in [5.41, 5.74) is 4.02. The van der Waals surface area contributed by atoms with Crippen molar-refractivity contribution in [1.82, 2.24) is 9.88 Å². The predicted octanol–water partition coefficient (Wildman–Crippen LogP) is 6.22. The van der Waals surface area contributed by atoms with Crippen molar-refractivity contribution in [3.05, 3.63) is 57.1 Å². The number of anilines is 2. The predicted molar refractivity (Wildman–Crippen MR) is 155 cm³/mol. The van der Waals surface area contributed by atoms with Crippen molar-refractivity contribution in [2.75, 3.05) is 49.1 Å². The molecule has 1 aromatic heterocycles. The molecule has 37 heavy (non-hydrogen) atoms. The van der Waals surface area contributed by atoms with Gasteiger partial charge in [-0.05, 0) is 75.5 Å². The van der Waals surface area contributed by atoms with Gasteiger partial charge in [0.15, 0.2) is 5.13 Å². The fourth-order valence-corrected chi connectivity index (χ4v) is 6.07. The summed E-state index contributed by atoms with van der Waals surface area (Å²) in [5, 5.41) is 12.6. The Labute approximate surface area is 228 Å². The number of carbonyl (C=O) groups excluding carboxylic acids is 1. The van der Waals surface area contributed by atoms with Crippen molar-refractivity contribution in [2.45, 2.75) is 47.0 Å². The molecule has 0 bridgehead atoms. The highest BCUT2D eigenvalue weighted by atomic mass is 35.5. The maximum absolute atomic E-state index is 13.9. The first kappa shape index (κ1) is 28.8. The van der Waals surface area contributed by atoms with E-state index in [1.807, 2.05) is 6.92 Å². The number of hydrogen-bond acceptors (Lipinski definition) is 7. The molecule has 1 fully saturated rings. The number of nitro benzene ring substituents is 1. The van der Waals surface area contributed by atoms with E-state index in [9.17, 15) is 14.9 Å². The molecular weight excluding hydrogens is 510 g/mol. The minimum Gasteiger partial charge on any atom is -0.366 e. The summed E-state index contributed by atoms with van der Waals surface area (Å²) in [7, 11) is 0. The van der Waals surface area contributed by atoms with E-state index in [0.717, 1.165) is 66.8 Å². The van der Waals surface area contributed by atoms with Gasteiger partial charge in [0.05, 0.1) is 15.1 Å². The lowest BCUT2D eigenvalue weighted by Gasteiger charge is -2.28. The van der Waals surface area contributed by atoms with Gasteiger partial charge in [0.2, 0.25) is 0 Å². The molecule has 3 aromatic rings. The van der Waals surface area contributed by atoms with Crippen molar-refractivity contribution in [2.24, 2.45) is 0 Å². The van der Waals surface area contributed by atoms with E-state index in [-0.39, 0.29) is 28.9 Å². The molecule has 0 N–H and O–H groups in total. The zero-order valence-corrected chi connectivity index (χ0v) is 23.7. The Balaban J connectivity index is 0.00000380. The van der Waals surface area contributed by atoms with Crippen LogP contribution in [0.4, 0.5) is 16.5 Å². The minimum atomic E-state index is -0.370. The van der Waals surface area contributed by atoms with Crippen LogP contribution in [-0.2, 0) is 0 Å². The standard InChI is InChI=1S/C27H35N5O3S.ClH/c1-5-29(6-2)14-15-31(27-28-25-20(4)16-19(3)17-24(25)36-27)26(33)21-10-11-22(23(18-21)32(34)35)30-12-8-7-9-13-30;/h10-11,16-18H,5-9,12-15H2,1-4H3;1H. The number of aryl methyl sites for hydroxylation is 2. The summed E-state index contributed by atoms with van der Waals surface area (Å²) >= 11 is 1.49. The Kier molecular flexibility index (Phi) is 9.87. The minimum absolute atomic E-state index is 0. The van der Waals surface area contributed by atoms with E-state index < -0.39 is 0 Å². The first-order chi connectivity index (χ1) is 17.3. The number of fused-ring (bicyclic) bond motifs is 1. The maximum atomic E-state index is 13.9. The van der Waals surface area contributed by atoms with E-state index in [1.165, 1.54) is 17.4 Å². The summed E-state index contributed by atoms with van der Waals surface area (Å²) in [4.78, 5) is 36.3. The molecule has 0 radical (unpaired) electrons. The van der Waals surface area contributed by atoms with E-state index in [2.05, 4.69) is 42.7 Å². The Morgan fingerprint density at radius 3 is 2.43 bits per heavy atom. The number of benzene rings is 2. The van der Waals surface area contributed by atoms with Gasteiger partial charge in [0, 0.05) is 37.8 Å². The molecule has 1 saturated heterocycles. The van der Waals surface area contributed by atoms with Crippen molar-refractivity contribution in [3.8, 4) is 0 Å². The third-order valence-electron chi connectivity index (χ3n) is 6.94. The Bertz CT molecular complexity index is 1250. The first-order valence-electron chi connectivity index (χ1n) is 12.8. The highest BCUT2D eigenvalue weighted by Gasteiger charge is 2.27. The molecule has 0 saturated carbocycles. The summed E-state index contributed by atoms with van der Waals surface area (Å²) in [6.45, 7) is 12.8. The molecule has 0 spiro atoms. The van der Waals surface area contributed by atoms with Crippen molar-refractivity contribution >= 4 is 56.4 Å². The largest absolute Gasteiger partial charge is 0.366 e. The number of nitrogens with zero attached hydrogens (tertiary/aromatic N) is 5. The van der Waals surface area contributed by atoms with Crippen LogP contribution in [0.1, 0.15) is 54.6 Å². The molecule has 1 aliphatic heterocycles. The number of thiazole rings is 1. The van der Waals surface area contributed by atoms with Crippen molar-refractivity contribution in [1.29, 1.82) is 0 Å². The molecule has 1 amide bonds. The van der Waals surface area contributed by atoms with Crippen LogP contribution in [-0.4, -0.2) is 60.0 Å². The van der Waals surface area contributed by atoms with Crippen LogP contribution in [0.2, 0.25) is 0 Å². The number of hydrogen-bond donors (Lipinski definition) is 0. The highest BCUT2D eigenvalue weighted by molar-refractivity contribution is 7.22. The van der Waals surface area contributed by atoms with Gasteiger partial charge in [-0.2, -0.15) is 0 Å². The van der Waals surface area contributed by atoms with E-state index in [0.29, 0.717) is 29.5 Å². The highest BCUT2D eigenvalue weighted by Crippen LogP contribution is 2.35. The van der Waals surface area contributed by atoms with Gasteiger partial charge >= 0.3 is 0 Å². The molecule has 4 rings (SSSR count).